The first-order valence-electron chi connectivity index (χ1n) is 35.3. The number of carbonyl (C=O) groups excluding carboxylic acids is 7. The first kappa shape index (κ1) is 73.2. The maximum absolute atomic E-state index is 15.1. The second-order valence-electron chi connectivity index (χ2n) is 29.5. The Hall–Kier alpha value is -11.6. The third-order valence-electron chi connectivity index (χ3n) is 18.9. The fourth-order valence-corrected chi connectivity index (χ4v) is 12.9. The Labute approximate surface area is 607 Å². The van der Waals surface area contributed by atoms with Crippen LogP contribution in [0.1, 0.15) is 155 Å². The minimum Gasteiger partial charge on any atom is -0.493 e. The number of para-hydroxylation sites is 5. The van der Waals surface area contributed by atoms with Gasteiger partial charge in [-0.25, -0.2) is 29.7 Å². The molecule has 5 amide bonds. The number of benzene rings is 5. The standard InChI is InChI=1S/C81H86N10O14/c1-42(2)37-100-62-32-57(72(92)88-53-26-16-21-49-64(102-39-44(5)6)34-59(84-68(49)53)74(94)90-55-28-18-23-51-66(104-41-46(9)10)36-61(76(96)99-14)86-70(51)55)82-67-47(62)20-15-25-52(67)87-73(93)58-33-63(101-38-43(3)4)48-22-17-27-54(69(48)83-58)89-75(95)60-35-65(103-40-45(7)8)50-24-19-29-56(71(50)85-60)91-77(97)81-31-30-80(13,78(98)105-81)79(81,11)12/h15-29,32-36,42-46H,30-31,37-41H2,1-14H3,(H,87,93)(H,88,92)(H,89,95)(H,90,94)(H,91,97)/t80-,81+/m0/s1. The van der Waals surface area contributed by atoms with E-state index >= 15 is 4.79 Å². The van der Waals surface area contributed by atoms with Crippen molar-refractivity contribution in [3.8, 4) is 28.7 Å². The highest BCUT2D eigenvalue weighted by Crippen LogP contribution is 2.66. The smallest absolute Gasteiger partial charge is 0.356 e. The number of methoxy groups -OCH3 is 1. The van der Waals surface area contributed by atoms with E-state index in [-0.39, 0.29) is 134 Å². The summed E-state index contributed by atoms with van der Waals surface area (Å²) in [7, 11) is 1.25. The highest BCUT2D eigenvalue weighted by molar-refractivity contribution is 6.16. The van der Waals surface area contributed by atoms with E-state index in [0.717, 1.165) is 0 Å². The average molecular weight is 1420 g/mol. The van der Waals surface area contributed by atoms with E-state index in [2.05, 4.69) is 31.6 Å². The van der Waals surface area contributed by atoms with Crippen LogP contribution in [0.25, 0.3) is 54.5 Å². The van der Waals surface area contributed by atoms with Crippen molar-refractivity contribution < 1.29 is 66.7 Å². The Morgan fingerprint density at radius 3 is 0.886 bits per heavy atom. The molecule has 6 heterocycles. The summed E-state index contributed by atoms with van der Waals surface area (Å²) in [6.45, 7) is 26.9. The first-order chi connectivity index (χ1) is 50.1. The van der Waals surface area contributed by atoms with Crippen LogP contribution in [0.3, 0.4) is 0 Å². The van der Waals surface area contributed by atoms with E-state index in [9.17, 15) is 28.8 Å². The van der Waals surface area contributed by atoms with Gasteiger partial charge in [0.15, 0.2) is 11.3 Å². The number of nitrogens with one attached hydrogen (secondary N) is 5. The largest absolute Gasteiger partial charge is 0.493 e. The van der Waals surface area contributed by atoms with Crippen LogP contribution < -0.4 is 50.3 Å². The molecule has 12 rings (SSSR count). The third-order valence-corrected chi connectivity index (χ3v) is 18.9. The van der Waals surface area contributed by atoms with E-state index in [4.69, 9.17) is 53.1 Å². The molecule has 1 saturated carbocycles. The van der Waals surface area contributed by atoms with Crippen molar-refractivity contribution in [2.24, 2.45) is 40.4 Å². The van der Waals surface area contributed by atoms with E-state index in [1.165, 1.54) is 37.4 Å². The highest BCUT2D eigenvalue weighted by Gasteiger charge is 2.75. The van der Waals surface area contributed by atoms with E-state index in [0.29, 0.717) is 81.7 Å². The number of carbonyl (C=O) groups is 7. The van der Waals surface area contributed by atoms with E-state index in [1.807, 2.05) is 90.0 Å². The molecule has 1 saturated heterocycles. The Morgan fingerprint density at radius 2 is 0.648 bits per heavy atom. The van der Waals surface area contributed by atoms with Crippen LogP contribution in [0.4, 0.5) is 28.4 Å². The van der Waals surface area contributed by atoms with Gasteiger partial charge in [-0.3, -0.25) is 28.8 Å². The molecule has 2 atom stereocenters. The van der Waals surface area contributed by atoms with Crippen molar-refractivity contribution >= 4 is 124 Å². The molecule has 0 radical (unpaired) electrons. The summed E-state index contributed by atoms with van der Waals surface area (Å²) in [5.41, 5.74) is -1.25. The predicted octanol–water partition coefficient (Wildman–Crippen LogP) is 15.5. The molecule has 5 aromatic carbocycles. The summed E-state index contributed by atoms with van der Waals surface area (Å²) >= 11 is 0. The predicted molar refractivity (Wildman–Crippen MR) is 402 cm³/mol. The second kappa shape index (κ2) is 29.7. The molecule has 544 valence electrons. The maximum Gasteiger partial charge on any atom is 0.356 e. The molecule has 24 heteroatoms. The number of amides is 5. The van der Waals surface area contributed by atoms with Gasteiger partial charge in [-0.2, -0.15) is 0 Å². The van der Waals surface area contributed by atoms with E-state index < -0.39 is 57.9 Å². The lowest BCUT2D eigenvalue weighted by Crippen LogP contribution is -2.50. The zero-order valence-electron chi connectivity index (χ0n) is 61.3. The molecule has 5 aromatic heterocycles. The lowest BCUT2D eigenvalue weighted by molar-refractivity contribution is -0.165. The molecule has 5 N–H and O–H groups in total. The van der Waals surface area contributed by atoms with Gasteiger partial charge in [0.1, 0.15) is 51.5 Å². The topological polar surface area (TPSA) is 309 Å². The van der Waals surface area contributed by atoms with Gasteiger partial charge in [0.2, 0.25) is 0 Å². The Bertz CT molecular complexity index is 5150. The van der Waals surface area contributed by atoms with Crippen LogP contribution in [0.5, 0.6) is 28.7 Å². The molecule has 0 spiro atoms. The molecule has 2 fully saturated rings. The number of anilines is 5. The fraction of sp³-hybridized carbons (Fsp3) is 0.358. The normalized spacial score (nSPS) is 16.0. The molecular weight excluding hydrogens is 1340 g/mol. The van der Waals surface area contributed by atoms with Gasteiger partial charge in [0.05, 0.1) is 102 Å². The first-order valence-corrected chi connectivity index (χ1v) is 35.3. The fourth-order valence-electron chi connectivity index (χ4n) is 12.9. The van der Waals surface area contributed by atoms with Crippen molar-refractivity contribution in [2.75, 3.05) is 66.7 Å². The quantitative estimate of drug-likeness (QED) is 0.0315. The van der Waals surface area contributed by atoms with Crippen molar-refractivity contribution in [1.82, 2.24) is 24.9 Å². The Balaban J connectivity index is 0.871. The molecule has 2 aliphatic rings. The zero-order chi connectivity index (χ0) is 75.0. The van der Waals surface area contributed by atoms with E-state index in [1.54, 1.807) is 91.0 Å². The van der Waals surface area contributed by atoms with Gasteiger partial charge < -0.3 is 59.7 Å². The van der Waals surface area contributed by atoms with Crippen molar-refractivity contribution in [3.63, 3.8) is 0 Å². The monoisotopic (exact) mass is 1420 g/mol. The minimum atomic E-state index is -1.44. The molecule has 2 bridgehead atoms. The van der Waals surface area contributed by atoms with Crippen LogP contribution in [0.2, 0.25) is 0 Å². The summed E-state index contributed by atoms with van der Waals surface area (Å²) in [6, 6.07) is 33.4. The molecular formula is C81H86N10O14. The van der Waals surface area contributed by atoms with Gasteiger partial charge in [-0.1, -0.05) is 113 Å². The number of hydrogen-bond acceptors (Lipinski definition) is 19. The Kier molecular flexibility index (Phi) is 20.7. The lowest BCUT2D eigenvalue weighted by Gasteiger charge is -2.35. The zero-order valence-corrected chi connectivity index (χ0v) is 61.3. The number of hydrogen-bond donors (Lipinski definition) is 5. The number of rotatable bonds is 26. The SMILES string of the molecule is COC(=O)c1cc(OCC(C)C)c2cccc(NC(=O)c3cc(OCC(C)C)c4cccc(NC(=O)c5cc(OCC(C)C)c6cccc(NC(=O)c7cc(OCC(C)C)c8cccc(NC(=O)c9cc(OCC(C)C)c%10cccc(NC(=O)[C@@]%11%12CC[C@@](C)(C(=O)O%11)C%12(C)C)c%10n9)c8n7)c6n5)c4n3)c2n1. The van der Waals surface area contributed by atoms with Gasteiger partial charge in [0, 0.05) is 62.7 Å². The molecule has 105 heavy (non-hydrogen) atoms. The molecule has 1 aliphatic carbocycles. The van der Waals surface area contributed by atoms with Crippen molar-refractivity contribution in [2.45, 2.75) is 108 Å². The summed E-state index contributed by atoms with van der Waals surface area (Å²) < 4.78 is 42.7. The van der Waals surface area contributed by atoms with Crippen LogP contribution in [0, 0.1) is 40.4 Å². The summed E-state index contributed by atoms with van der Waals surface area (Å²) in [5, 5.41) is 17.4. The molecule has 10 aromatic rings. The van der Waals surface area contributed by atoms with Gasteiger partial charge in [-0.15, -0.1) is 0 Å². The van der Waals surface area contributed by atoms with Crippen LogP contribution >= 0.6 is 0 Å². The number of aromatic nitrogens is 5. The molecule has 1 aliphatic heterocycles. The Morgan fingerprint density at radius 1 is 0.390 bits per heavy atom. The maximum atomic E-state index is 15.1. The number of esters is 2. The summed E-state index contributed by atoms with van der Waals surface area (Å²) in [6.07, 6.45) is 0.814. The van der Waals surface area contributed by atoms with Crippen molar-refractivity contribution in [3.05, 3.63) is 150 Å². The molecule has 0 unspecified atom stereocenters. The number of pyridine rings is 5. The lowest BCUT2D eigenvalue weighted by atomic mass is 9.66. The highest BCUT2D eigenvalue weighted by atomic mass is 16.6. The summed E-state index contributed by atoms with van der Waals surface area (Å²) in [4.78, 5) is 124. The van der Waals surface area contributed by atoms with Gasteiger partial charge >= 0.3 is 11.9 Å². The summed E-state index contributed by atoms with van der Waals surface area (Å²) in [5.74, 6) is -2.26. The average Bonchev–Trinajstić information content (AvgIpc) is 1.52. The van der Waals surface area contributed by atoms with Crippen LogP contribution in [-0.2, 0) is 19.1 Å². The third kappa shape index (κ3) is 14.6. The second-order valence-corrected chi connectivity index (χ2v) is 29.5. The molecule has 24 nitrogen and oxygen atoms in total. The van der Waals surface area contributed by atoms with Crippen LogP contribution in [-0.4, -0.2) is 112 Å². The van der Waals surface area contributed by atoms with Crippen LogP contribution in [0.15, 0.2) is 121 Å². The van der Waals surface area contributed by atoms with Gasteiger partial charge in [0.25, 0.3) is 29.5 Å². The number of ether oxygens (including phenoxy) is 7. The van der Waals surface area contributed by atoms with Gasteiger partial charge in [-0.05, 0) is 110 Å². The number of nitrogens with zero attached hydrogens (tertiary/aromatic N) is 5. The van der Waals surface area contributed by atoms with Crippen molar-refractivity contribution in [1.29, 1.82) is 0 Å². The number of fused-ring (bicyclic) bond motifs is 7. The minimum absolute atomic E-state index is 0.0238.